The first kappa shape index (κ1) is 18.7. The fourth-order valence-corrected chi connectivity index (χ4v) is 3.39. The minimum absolute atomic E-state index is 0.309. The topological polar surface area (TPSA) is 89.1 Å². The van der Waals surface area contributed by atoms with Crippen LogP contribution in [0, 0.1) is 0 Å². The number of anilines is 1. The molecule has 0 aliphatic heterocycles. The van der Waals surface area contributed by atoms with Gasteiger partial charge in [-0.05, 0) is 47.3 Å². The lowest BCUT2D eigenvalue weighted by atomic mass is 10.2. The van der Waals surface area contributed by atoms with Gasteiger partial charge in [-0.2, -0.15) is 5.10 Å². The van der Waals surface area contributed by atoms with Crippen LogP contribution in [0.1, 0.15) is 16.1 Å². The molecule has 1 amide bonds. The molecule has 4 aromatic rings. The van der Waals surface area contributed by atoms with Crippen LogP contribution in [-0.4, -0.2) is 28.2 Å². The van der Waals surface area contributed by atoms with Gasteiger partial charge in [0.25, 0.3) is 5.91 Å². The molecule has 3 aromatic heterocycles. The van der Waals surface area contributed by atoms with Crippen LogP contribution in [-0.2, 0) is 6.61 Å². The number of pyridine rings is 1. The normalized spacial score (nSPS) is 10.5. The fraction of sp³-hybridized carbons (Fsp3) is 0.0952. The zero-order valence-corrected chi connectivity index (χ0v) is 16.4. The number of benzene rings is 1. The first-order valence-electron chi connectivity index (χ1n) is 8.83. The predicted molar refractivity (Wildman–Crippen MR) is 111 cm³/mol. The Morgan fingerprint density at radius 1 is 1.14 bits per heavy atom. The fourth-order valence-electron chi connectivity index (χ4n) is 2.70. The predicted octanol–water partition coefficient (Wildman–Crippen LogP) is 4.37. The minimum Gasteiger partial charge on any atom is -0.493 e. The molecule has 1 aromatic carbocycles. The summed E-state index contributed by atoms with van der Waals surface area (Å²) in [5.74, 6) is 0.800. The van der Waals surface area contributed by atoms with E-state index in [0.29, 0.717) is 29.5 Å². The lowest BCUT2D eigenvalue weighted by molar-refractivity contribution is 0.102. The molecule has 0 aliphatic rings. The molecule has 29 heavy (non-hydrogen) atoms. The van der Waals surface area contributed by atoms with Gasteiger partial charge in [0.1, 0.15) is 6.61 Å². The molecule has 0 aliphatic carbocycles. The Balaban J connectivity index is 1.47. The van der Waals surface area contributed by atoms with Crippen molar-refractivity contribution < 1.29 is 14.3 Å². The highest BCUT2D eigenvalue weighted by atomic mass is 32.1. The number of nitrogens with zero attached hydrogens (tertiary/aromatic N) is 2. The number of H-pyrrole nitrogens is 1. The number of methoxy groups -OCH3 is 1. The van der Waals surface area contributed by atoms with Crippen LogP contribution in [0.15, 0.2) is 66.3 Å². The Labute approximate surface area is 171 Å². The number of nitrogens with one attached hydrogen (secondary N) is 2. The molecular weight excluding hydrogens is 388 g/mol. The van der Waals surface area contributed by atoms with E-state index in [0.717, 1.165) is 16.1 Å². The summed E-state index contributed by atoms with van der Waals surface area (Å²) in [6.45, 7) is 0.361. The van der Waals surface area contributed by atoms with Gasteiger partial charge in [-0.15, -0.1) is 11.3 Å². The van der Waals surface area contributed by atoms with Crippen LogP contribution in [0.5, 0.6) is 11.5 Å². The van der Waals surface area contributed by atoms with Crippen LogP contribution in [0.25, 0.3) is 10.6 Å². The molecule has 4 rings (SSSR count). The minimum atomic E-state index is -0.311. The molecule has 8 heteroatoms. The second-order valence-electron chi connectivity index (χ2n) is 6.11. The van der Waals surface area contributed by atoms with Gasteiger partial charge in [-0.25, -0.2) is 0 Å². The molecule has 2 N–H and O–H groups in total. The number of aromatic nitrogens is 3. The third-order valence-corrected chi connectivity index (χ3v) is 5.07. The molecule has 146 valence electrons. The number of carbonyl (C=O) groups excluding carboxylic acids is 1. The lowest BCUT2D eigenvalue weighted by Gasteiger charge is -2.12. The summed E-state index contributed by atoms with van der Waals surface area (Å²) in [5, 5.41) is 11.8. The van der Waals surface area contributed by atoms with E-state index in [4.69, 9.17) is 9.47 Å². The van der Waals surface area contributed by atoms with Crippen molar-refractivity contribution in [2.75, 3.05) is 12.4 Å². The van der Waals surface area contributed by atoms with Crippen LogP contribution in [0.3, 0.4) is 0 Å². The van der Waals surface area contributed by atoms with Crippen LogP contribution in [0.2, 0.25) is 0 Å². The first-order valence-corrected chi connectivity index (χ1v) is 9.71. The summed E-state index contributed by atoms with van der Waals surface area (Å²) in [6, 6.07) is 14.6. The van der Waals surface area contributed by atoms with E-state index in [2.05, 4.69) is 20.5 Å². The van der Waals surface area contributed by atoms with Gasteiger partial charge >= 0.3 is 0 Å². The van der Waals surface area contributed by atoms with E-state index in [1.165, 1.54) is 0 Å². The number of hydrogen-bond acceptors (Lipinski definition) is 6. The Bertz CT molecular complexity index is 1090. The van der Waals surface area contributed by atoms with E-state index < -0.39 is 0 Å². The second kappa shape index (κ2) is 8.57. The van der Waals surface area contributed by atoms with E-state index in [1.807, 2.05) is 29.6 Å². The van der Waals surface area contributed by atoms with Gasteiger partial charge in [0.2, 0.25) is 0 Å². The Morgan fingerprint density at radius 3 is 2.76 bits per heavy atom. The number of amides is 1. The van der Waals surface area contributed by atoms with E-state index in [-0.39, 0.29) is 5.91 Å². The number of rotatable bonds is 7. The lowest BCUT2D eigenvalue weighted by Crippen LogP contribution is -2.12. The van der Waals surface area contributed by atoms with Crippen LogP contribution < -0.4 is 14.8 Å². The highest BCUT2D eigenvalue weighted by Gasteiger charge is 2.14. The van der Waals surface area contributed by atoms with Crippen LogP contribution >= 0.6 is 11.3 Å². The van der Waals surface area contributed by atoms with Gasteiger partial charge < -0.3 is 14.8 Å². The molecule has 0 saturated heterocycles. The van der Waals surface area contributed by atoms with Crippen molar-refractivity contribution in [2.45, 2.75) is 6.61 Å². The van der Waals surface area contributed by atoms with Gasteiger partial charge in [0.05, 0.1) is 17.7 Å². The van der Waals surface area contributed by atoms with Crippen molar-refractivity contribution >= 4 is 22.9 Å². The maximum Gasteiger partial charge on any atom is 0.276 e. The third kappa shape index (κ3) is 4.44. The van der Waals surface area contributed by atoms with Crippen molar-refractivity contribution in [1.29, 1.82) is 0 Å². The number of ether oxygens (including phenoxy) is 2. The molecule has 0 atom stereocenters. The smallest absolute Gasteiger partial charge is 0.276 e. The summed E-state index contributed by atoms with van der Waals surface area (Å²) < 4.78 is 11.2. The molecule has 7 nitrogen and oxygen atoms in total. The van der Waals surface area contributed by atoms with Crippen molar-refractivity contribution in [1.82, 2.24) is 15.2 Å². The Hall–Kier alpha value is -3.65. The molecule has 0 spiro atoms. The number of carbonyl (C=O) groups is 1. The summed E-state index contributed by atoms with van der Waals surface area (Å²) in [5.41, 5.74) is 2.68. The summed E-state index contributed by atoms with van der Waals surface area (Å²) in [4.78, 5) is 17.6. The standard InChI is InChI=1S/C21H18N4O3S/c1-27-18-5-4-15(11-19(18)28-13-14-6-8-22-9-7-14)23-21(26)17-12-16(24-25-17)20-3-2-10-29-20/h2-12H,13H2,1H3,(H,23,26)(H,24,25). The highest BCUT2D eigenvalue weighted by molar-refractivity contribution is 7.13. The van der Waals surface area contributed by atoms with E-state index >= 15 is 0 Å². The Morgan fingerprint density at radius 2 is 2.00 bits per heavy atom. The largest absolute Gasteiger partial charge is 0.493 e. The molecule has 0 saturated carbocycles. The zero-order valence-electron chi connectivity index (χ0n) is 15.6. The van der Waals surface area contributed by atoms with Gasteiger partial charge in [0.15, 0.2) is 17.2 Å². The first-order chi connectivity index (χ1) is 14.2. The van der Waals surface area contributed by atoms with E-state index in [9.17, 15) is 4.79 Å². The molecule has 0 bridgehead atoms. The van der Waals surface area contributed by atoms with Crippen molar-refractivity contribution in [2.24, 2.45) is 0 Å². The maximum atomic E-state index is 12.6. The highest BCUT2D eigenvalue weighted by Crippen LogP contribution is 2.31. The molecule has 0 unspecified atom stereocenters. The number of hydrogen-bond donors (Lipinski definition) is 2. The summed E-state index contributed by atoms with van der Waals surface area (Å²) in [7, 11) is 1.57. The monoisotopic (exact) mass is 406 g/mol. The quantitative estimate of drug-likeness (QED) is 0.476. The average Bonchev–Trinajstić information content (AvgIpc) is 3.45. The molecular formula is C21H18N4O3S. The summed E-state index contributed by atoms with van der Waals surface area (Å²) >= 11 is 1.58. The molecule has 0 fully saturated rings. The zero-order chi connectivity index (χ0) is 20.1. The van der Waals surface area contributed by atoms with Crippen molar-refractivity contribution in [3.63, 3.8) is 0 Å². The summed E-state index contributed by atoms with van der Waals surface area (Å²) in [6.07, 6.45) is 3.42. The SMILES string of the molecule is COc1ccc(NC(=O)c2cc(-c3cccs3)[nH]n2)cc1OCc1ccncc1. The van der Waals surface area contributed by atoms with Gasteiger partial charge in [-0.1, -0.05) is 6.07 Å². The maximum absolute atomic E-state index is 12.6. The number of aromatic amines is 1. The molecule has 3 heterocycles. The average molecular weight is 406 g/mol. The third-order valence-electron chi connectivity index (χ3n) is 4.16. The van der Waals surface area contributed by atoms with Crippen molar-refractivity contribution in [3.8, 4) is 22.1 Å². The Kier molecular flexibility index (Phi) is 5.53. The van der Waals surface area contributed by atoms with E-state index in [1.54, 1.807) is 55.1 Å². The van der Waals surface area contributed by atoms with Gasteiger partial charge in [-0.3, -0.25) is 14.9 Å². The van der Waals surface area contributed by atoms with Gasteiger partial charge in [0, 0.05) is 24.1 Å². The second-order valence-corrected chi connectivity index (χ2v) is 7.06. The molecule has 0 radical (unpaired) electrons. The van der Waals surface area contributed by atoms with Crippen LogP contribution in [0.4, 0.5) is 5.69 Å². The number of thiophene rings is 1. The van der Waals surface area contributed by atoms with Crippen molar-refractivity contribution in [3.05, 3.63) is 77.6 Å².